The van der Waals surface area contributed by atoms with E-state index >= 15 is 0 Å². The highest BCUT2D eigenvalue weighted by atomic mass is 35.5. The molecule has 0 aromatic heterocycles. The zero-order chi connectivity index (χ0) is 21.7. The van der Waals surface area contributed by atoms with Crippen molar-refractivity contribution in [3.8, 4) is 5.75 Å². The van der Waals surface area contributed by atoms with E-state index in [0.29, 0.717) is 26.9 Å². The number of halogens is 1. The van der Waals surface area contributed by atoms with Crippen molar-refractivity contribution in [1.29, 1.82) is 0 Å². The summed E-state index contributed by atoms with van der Waals surface area (Å²) in [7, 11) is 0. The molecule has 3 rings (SSSR count). The number of carboxylic acid groups (broad SMARTS) is 1. The Hall–Kier alpha value is -2.88. The first-order valence-electron chi connectivity index (χ1n) is 8.57. The van der Waals surface area contributed by atoms with Gasteiger partial charge in [-0.3, -0.25) is 19.3 Å². The third-order valence-electron chi connectivity index (χ3n) is 3.82. The molecular weight excluding hydrogens is 448 g/mol. The number of benzene rings is 2. The van der Waals surface area contributed by atoms with Crippen molar-refractivity contribution < 1.29 is 24.2 Å². The zero-order valence-corrected chi connectivity index (χ0v) is 17.7. The molecule has 154 valence electrons. The van der Waals surface area contributed by atoms with Crippen LogP contribution in [0.15, 0.2) is 53.4 Å². The maximum atomic E-state index is 12.3. The molecule has 1 fully saturated rings. The molecule has 2 aromatic rings. The van der Waals surface area contributed by atoms with Crippen molar-refractivity contribution in [2.24, 2.45) is 0 Å². The smallest absolute Gasteiger partial charge is 0.323 e. The van der Waals surface area contributed by atoms with Crippen LogP contribution in [-0.2, 0) is 14.4 Å². The maximum absolute atomic E-state index is 12.3. The molecule has 2 N–H and O–H groups in total. The molecule has 1 saturated heterocycles. The van der Waals surface area contributed by atoms with E-state index in [1.807, 2.05) is 0 Å². The summed E-state index contributed by atoms with van der Waals surface area (Å²) in [5.41, 5.74) is 1.29. The molecule has 2 amide bonds. The van der Waals surface area contributed by atoms with Crippen molar-refractivity contribution in [1.82, 2.24) is 4.90 Å². The molecule has 30 heavy (non-hydrogen) atoms. The third-order valence-corrected chi connectivity index (χ3v) is 5.44. The number of rotatable bonds is 7. The Morgan fingerprint density at radius 3 is 2.63 bits per heavy atom. The van der Waals surface area contributed by atoms with Crippen molar-refractivity contribution >= 4 is 69.4 Å². The number of hydrogen-bond donors (Lipinski definition) is 2. The largest absolute Gasteiger partial charge is 0.484 e. The van der Waals surface area contributed by atoms with Crippen LogP contribution in [0, 0.1) is 0 Å². The Balaban J connectivity index is 1.57. The summed E-state index contributed by atoms with van der Waals surface area (Å²) in [6.45, 7) is -0.647. The summed E-state index contributed by atoms with van der Waals surface area (Å²) in [6.07, 6.45) is 1.62. The summed E-state index contributed by atoms with van der Waals surface area (Å²) >= 11 is 12.0. The Bertz CT molecular complexity index is 1040. The molecular formula is C20H15ClN2O5S2. The number of nitrogens with zero attached hydrogens (tertiary/aromatic N) is 1. The monoisotopic (exact) mass is 462 g/mol. The van der Waals surface area contributed by atoms with Gasteiger partial charge in [-0.1, -0.05) is 53.8 Å². The predicted octanol–water partition coefficient (Wildman–Crippen LogP) is 3.64. The number of hydrogen-bond acceptors (Lipinski definition) is 6. The topological polar surface area (TPSA) is 95.9 Å². The number of aliphatic carboxylic acids is 1. The number of amides is 2. The lowest BCUT2D eigenvalue weighted by Crippen LogP contribution is -2.33. The second kappa shape index (κ2) is 9.75. The highest BCUT2D eigenvalue weighted by Crippen LogP contribution is 2.32. The van der Waals surface area contributed by atoms with Gasteiger partial charge in [0, 0.05) is 10.7 Å². The highest BCUT2D eigenvalue weighted by molar-refractivity contribution is 8.26. The van der Waals surface area contributed by atoms with Crippen LogP contribution in [0.5, 0.6) is 5.75 Å². The number of carbonyl (C=O) groups is 3. The molecule has 1 aliphatic heterocycles. The Morgan fingerprint density at radius 1 is 1.23 bits per heavy atom. The molecule has 2 aromatic carbocycles. The van der Waals surface area contributed by atoms with Crippen LogP contribution in [0.1, 0.15) is 5.56 Å². The summed E-state index contributed by atoms with van der Waals surface area (Å²) in [4.78, 5) is 36.5. The average molecular weight is 463 g/mol. The Kier molecular flexibility index (Phi) is 7.09. The first kappa shape index (κ1) is 21.8. The third kappa shape index (κ3) is 5.82. The number of carboxylic acids is 1. The van der Waals surface area contributed by atoms with Gasteiger partial charge in [0.25, 0.3) is 11.8 Å². The van der Waals surface area contributed by atoms with Crippen molar-refractivity contribution in [2.75, 3.05) is 18.5 Å². The first-order chi connectivity index (χ1) is 14.3. The van der Waals surface area contributed by atoms with E-state index in [4.69, 9.17) is 33.7 Å². The number of carbonyl (C=O) groups excluding carboxylic acids is 2. The van der Waals surface area contributed by atoms with Crippen LogP contribution in [-0.4, -0.2) is 45.3 Å². The minimum absolute atomic E-state index is 0.181. The van der Waals surface area contributed by atoms with Gasteiger partial charge in [0.2, 0.25) is 0 Å². The maximum Gasteiger partial charge on any atom is 0.323 e. The van der Waals surface area contributed by atoms with Crippen LogP contribution in [0.3, 0.4) is 0 Å². The summed E-state index contributed by atoms with van der Waals surface area (Å²) in [6, 6.07) is 13.5. The van der Waals surface area contributed by atoms with E-state index in [9.17, 15) is 14.4 Å². The lowest BCUT2D eigenvalue weighted by atomic mass is 10.2. The van der Waals surface area contributed by atoms with E-state index in [1.54, 1.807) is 54.6 Å². The molecule has 10 heteroatoms. The SMILES string of the molecule is O=C(O)CN1C(=O)/C(=C/c2ccc(OCC(=O)Nc3cccc(Cl)c3)cc2)SC1=S. The normalized spacial score (nSPS) is 14.8. The number of anilines is 1. The molecule has 0 unspecified atom stereocenters. The van der Waals surface area contributed by atoms with E-state index in [1.165, 1.54) is 0 Å². The number of thioether (sulfide) groups is 1. The Labute approximate surface area is 186 Å². The minimum Gasteiger partial charge on any atom is -0.484 e. The van der Waals surface area contributed by atoms with Crippen LogP contribution >= 0.6 is 35.6 Å². The number of ether oxygens (including phenoxy) is 1. The summed E-state index contributed by atoms with van der Waals surface area (Å²) in [5, 5.41) is 12.1. The van der Waals surface area contributed by atoms with Gasteiger partial charge in [0.05, 0.1) is 4.91 Å². The van der Waals surface area contributed by atoms with Gasteiger partial charge >= 0.3 is 5.97 Å². The van der Waals surface area contributed by atoms with E-state index in [0.717, 1.165) is 16.7 Å². The van der Waals surface area contributed by atoms with Gasteiger partial charge in [0.15, 0.2) is 6.61 Å². The first-order valence-corrected chi connectivity index (χ1v) is 10.2. The van der Waals surface area contributed by atoms with Gasteiger partial charge in [-0.2, -0.15) is 0 Å². The van der Waals surface area contributed by atoms with E-state index in [-0.39, 0.29) is 16.8 Å². The van der Waals surface area contributed by atoms with E-state index in [2.05, 4.69) is 5.32 Å². The molecule has 0 saturated carbocycles. The second-order valence-electron chi connectivity index (χ2n) is 6.08. The Morgan fingerprint density at radius 2 is 1.97 bits per heavy atom. The fraction of sp³-hybridized carbons (Fsp3) is 0.100. The van der Waals surface area contributed by atoms with Gasteiger partial charge in [-0.25, -0.2) is 0 Å². The van der Waals surface area contributed by atoms with E-state index < -0.39 is 18.4 Å². The zero-order valence-electron chi connectivity index (χ0n) is 15.3. The second-order valence-corrected chi connectivity index (χ2v) is 8.19. The summed E-state index contributed by atoms with van der Waals surface area (Å²) < 4.78 is 5.67. The molecule has 0 radical (unpaired) electrons. The van der Waals surface area contributed by atoms with Crippen molar-refractivity contribution in [3.63, 3.8) is 0 Å². The highest BCUT2D eigenvalue weighted by Gasteiger charge is 2.33. The van der Waals surface area contributed by atoms with Crippen LogP contribution in [0.4, 0.5) is 5.69 Å². The number of nitrogens with one attached hydrogen (secondary N) is 1. The number of thiocarbonyl (C=S) groups is 1. The molecule has 0 atom stereocenters. The molecule has 1 heterocycles. The van der Waals surface area contributed by atoms with Crippen molar-refractivity contribution in [3.05, 3.63) is 64.0 Å². The fourth-order valence-corrected chi connectivity index (χ4v) is 3.94. The fourth-order valence-electron chi connectivity index (χ4n) is 2.50. The van der Waals surface area contributed by atoms with Gasteiger partial charge in [-0.05, 0) is 42.0 Å². The van der Waals surface area contributed by atoms with Gasteiger partial charge in [-0.15, -0.1) is 0 Å². The molecule has 0 bridgehead atoms. The van der Waals surface area contributed by atoms with Crippen LogP contribution in [0.2, 0.25) is 5.02 Å². The predicted molar refractivity (Wildman–Crippen MR) is 120 cm³/mol. The minimum atomic E-state index is -1.13. The molecule has 1 aliphatic rings. The molecule has 0 aliphatic carbocycles. The lowest BCUT2D eigenvalue weighted by molar-refractivity contribution is -0.140. The standard InChI is InChI=1S/C20H15ClN2O5S2/c21-13-2-1-3-14(9-13)22-17(24)11-28-15-6-4-12(5-7-15)8-16-19(27)23(10-18(25)26)20(29)30-16/h1-9H,10-11H2,(H,22,24)(H,25,26)/b16-8-. The average Bonchev–Trinajstić information content (AvgIpc) is 2.94. The summed E-state index contributed by atoms with van der Waals surface area (Å²) in [5.74, 6) is -1.42. The van der Waals surface area contributed by atoms with Gasteiger partial charge in [0.1, 0.15) is 16.6 Å². The van der Waals surface area contributed by atoms with Gasteiger partial charge < -0.3 is 15.2 Å². The van der Waals surface area contributed by atoms with Crippen LogP contribution in [0.25, 0.3) is 6.08 Å². The quantitative estimate of drug-likeness (QED) is 0.479. The van der Waals surface area contributed by atoms with Crippen molar-refractivity contribution in [2.45, 2.75) is 0 Å². The van der Waals surface area contributed by atoms with Crippen LogP contribution < -0.4 is 10.1 Å². The molecule has 7 nitrogen and oxygen atoms in total. The lowest BCUT2D eigenvalue weighted by Gasteiger charge is -2.10. The molecule has 0 spiro atoms.